The number of benzene rings is 2. The van der Waals surface area contributed by atoms with Crippen molar-refractivity contribution in [2.45, 2.75) is 18.8 Å². The van der Waals surface area contributed by atoms with Crippen LogP contribution >= 0.6 is 0 Å². The first-order valence-corrected chi connectivity index (χ1v) is 9.28. The molecule has 0 aliphatic heterocycles. The van der Waals surface area contributed by atoms with Crippen molar-refractivity contribution in [1.82, 2.24) is 19.5 Å². The third-order valence-corrected chi connectivity index (χ3v) is 4.97. The van der Waals surface area contributed by atoms with E-state index in [2.05, 4.69) is 14.8 Å². The second-order valence-corrected chi connectivity index (χ2v) is 7.38. The molecule has 2 aromatic carbocycles. The van der Waals surface area contributed by atoms with Crippen molar-refractivity contribution in [3.05, 3.63) is 83.7 Å². The SMILES string of the molecule is O=S(=O)(Cc1ccc(F)cc1)NCc1ccccc1Cn1cncn1. The smallest absolute Gasteiger partial charge is 0.216 e. The first kappa shape index (κ1) is 17.2. The standard InChI is InChI=1S/C17H17FN4O2S/c18-17-7-5-14(6-8-17)11-25(23,24)21-9-15-3-1-2-4-16(15)10-22-13-19-12-20-22/h1-8,12-13,21H,9-11H2. The lowest BCUT2D eigenvalue weighted by Crippen LogP contribution is -2.25. The number of hydrogen-bond donors (Lipinski definition) is 1. The molecule has 1 aromatic heterocycles. The van der Waals surface area contributed by atoms with E-state index in [0.29, 0.717) is 12.1 Å². The van der Waals surface area contributed by atoms with Crippen molar-refractivity contribution in [2.24, 2.45) is 0 Å². The van der Waals surface area contributed by atoms with Gasteiger partial charge in [0.2, 0.25) is 10.0 Å². The Kier molecular flexibility index (Phi) is 5.20. The molecular formula is C17H17FN4O2S. The van der Waals surface area contributed by atoms with Gasteiger partial charge in [-0.15, -0.1) is 0 Å². The summed E-state index contributed by atoms with van der Waals surface area (Å²) in [7, 11) is -3.53. The minimum atomic E-state index is -3.53. The van der Waals surface area contributed by atoms with Crippen molar-refractivity contribution < 1.29 is 12.8 Å². The fourth-order valence-electron chi connectivity index (χ4n) is 2.41. The monoisotopic (exact) mass is 360 g/mol. The summed E-state index contributed by atoms with van der Waals surface area (Å²) in [5.41, 5.74) is 2.35. The summed E-state index contributed by atoms with van der Waals surface area (Å²) in [4.78, 5) is 3.90. The van der Waals surface area contributed by atoms with Crippen molar-refractivity contribution in [1.29, 1.82) is 0 Å². The van der Waals surface area contributed by atoms with Crippen LogP contribution in [0.15, 0.2) is 61.2 Å². The van der Waals surface area contributed by atoms with Crippen LogP contribution < -0.4 is 4.72 Å². The molecule has 0 radical (unpaired) electrons. The van der Waals surface area contributed by atoms with E-state index in [1.54, 1.807) is 11.0 Å². The highest BCUT2D eigenvalue weighted by Crippen LogP contribution is 2.12. The maximum Gasteiger partial charge on any atom is 0.216 e. The molecule has 0 unspecified atom stereocenters. The first-order chi connectivity index (χ1) is 12.0. The Labute approximate surface area is 145 Å². The summed E-state index contributed by atoms with van der Waals surface area (Å²) in [5.74, 6) is -0.588. The van der Waals surface area contributed by atoms with Crippen LogP contribution in [0.4, 0.5) is 4.39 Å². The molecule has 0 saturated carbocycles. The van der Waals surface area contributed by atoms with Gasteiger partial charge < -0.3 is 0 Å². The van der Waals surface area contributed by atoms with Gasteiger partial charge in [-0.05, 0) is 28.8 Å². The zero-order valence-corrected chi connectivity index (χ0v) is 14.2. The average molecular weight is 360 g/mol. The molecule has 0 aliphatic rings. The topological polar surface area (TPSA) is 76.9 Å². The lowest BCUT2D eigenvalue weighted by Gasteiger charge is -2.11. The lowest BCUT2D eigenvalue weighted by molar-refractivity contribution is 0.579. The van der Waals surface area contributed by atoms with E-state index in [1.165, 1.54) is 30.6 Å². The highest BCUT2D eigenvalue weighted by Gasteiger charge is 2.13. The van der Waals surface area contributed by atoms with Crippen LogP contribution in [0.3, 0.4) is 0 Å². The largest absolute Gasteiger partial charge is 0.249 e. The van der Waals surface area contributed by atoms with Crippen LogP contribution in [0.25, 0.3) is 0 Å². The molecule has 1 heterocycles. The van der Waals surface area contributed by atoms with E-state index in [0.717, 1.165) is 11.1 Å². The van der Waals surface area contributed by atoms with Crippen LogP contribution in [0.5, 0.6) is 0 Å². The molecule has 0 aliphatic carbocycles. The minimum absolute atomic E-state index is 0.175. The zero-order chi connectivity index (χ0) is 17.7. The molecule has 0 saturated heterocycles. The van der Waals surface area contributed by atoms with Gasteiger partial charge in [0.15, 0.2) is 0 Å². The molecule has 8 heteroatoms. The molecule has 3 aromatic rings. The molecule has 0 amide bonds. The summed E-state index contributed by atoms with van der Waals surface area (Å²) in [6.07, 6.45) is 3.06. The number of halogens is 1. The molecule has 0 fully saturated rings. The van der Waals surface area contributed by atoms with Crippen LogP contribution in [0, 0.1) is 5.82 Å². The van der Waals surface area contributed by atoms with Gasteiger partial charge in [0.1, 0.15) is 18.5 Å². The lowest BCUT2D eigenvalue weighted by atomic mass is 10.1. The summed E-state index contributed by atoms with van der Waals surface area (Å²) >= 11 is 0. The number of hydrogen-bond acceptors (Lipinski definition) is 4. The van der Waals surface area contributed by atoms with Gasteiger partial charge >= 0.3 is 0 Å². The normalized spacial score (nSPS) is 11.6. The van der Waals surface area contributed by atoms with E-state index >= 15 is 0 Å². The third kappa shape index (κ3) is 4.94. The van der Waals surface area contributed by atoms with Crippen molar-refractivity contribution in [2.75, 3.05) is 0 Å². The highest BCUT2D eigenvalue weighted by atomic mass is 32.2. The summed E-state index contributed by atoms with van der Waals surface area (Å²) in [5, 5.41) is 4.06. The number of rotatable bonds is 7. The summed E-state index contributed by atoms with van der Waals surface area (Å²) in [6.45, 7) is 0.685. The van der Waals surface area contributed by atoms with Crippen LogP contribution in [-0.2, 0) is 28.9 Å². The maximum atomic E-state index is 12.9. The molecule has 0 atom stereocenters. The predicted molar refractivity (Wildman–Crippen MR) is 91.4 cm³/mol. The number of aromatic nitrogens is 3. The molecule has 1 N–H and O–H groups in total. The minimum Gasteiger partial charge on any atom is -0.249 e. The maximum absolute atomic E-state index is 12.9. The molecule has 0 spiro atoms. The third-order valence-electron chi connectivity index (χ3n) is 3.67. The second kappa shape index (κ2) is 7.54. The van der Waals surface area contributed by atoms with E-state index in [9.17, 15) is 12.8 Å². The predicted octanol–water partition coefficient (Wildman–Crippen LogP) is 2.09. The Morgan fingerprint density at radius 2 is 1.76 bits per heavy atom. The van der Waals surface area contributed by atoms with Gasteiger partial charge in [-0.3, -0.25) is 0 Å². The Bertz CT molecular complexity index is 926. The fraction of sp³-hybridized carbons (Fsp3) is 0.176. The molecule has 3 rings (SSSR count). The Morgan fingerprint density at radius 3 is 2.44 bits per heavy atom. The first-order valence-electron chi connectivity index (χ1n) is 7.63. The fourth-order valence-corrected chi connectivity index (χ4v) is 3.52. The average Bonchev–Trinajstić information content (AvgIpc) is 3.09. The van der Waals surface area contributed by atoms with Crippen molar-refractivity contribution >= 4 is 10.0 Å². The van der Waals surface area contributed by atoms with E-state index in [4.69, 9.17) is 0 Å². The number of nitrogens with one attached hydrogen (secondary N) is 1. The van der Waals surface area contributed by atoms with E-state index in [1.807, 2.05) is 24.3 Å². The van der Waals surface area contributed by atoms with Gasteiger partial charge in [-0.2, -0.15) is 5.10 Å². The van der Waals surface area contributed by atoms with Crippen molar-refractivity contribution in [3.63, 3.8) is 0 Å². The van der Waals surface area contributed by atoms with Crippen LogP contribution in [0.2, 0.25) is 0 Å². The van der Waals surface area contributed by atoms with Crippen LogP contribution in [0.1, 0.15) is 16.7 Å². The zero-order valence-electron chi connectivity index (χ0n) is 13.3. The quantitative estimate of drug-likeness (QED) is 0.700. The van der Waals surface area contributed by atoms with Crippen molar-refractivity contribution in [3.8, 4) is 0 Å². The van der Waals surface area contributed by atoms with Gasteiger partial charge in [0.05, 0.1) is 12.3 Å². The Morgan fingerprint density at radius 1 is 1.04 bits per heavy atom. The van der Waals surface area contributed by atoms with Crippen LogP contribution in [-0.4, -0.2) is 23.2 Å². The Balaban J connectivity index is 1.67. The molecule has 130 valence electrons. The Hall–Kier alpha value is -2.58. The van der Waals surface area contributed by atoms with Gasteiger partial charge in [-0.1, -0.05) is 36.4 Å². The van der Waals surface area contributed by atoms with Gasteiger partial charge in [0, 0.05) is 6.54 Å². The summed E-state index contributed by atoms with van der Waals surface area (Å²) in [6, 6.07) is 13.0. The summed E-state index contributed by atoms with van der Waals surface area (Å²) < 4.78 is 41.7. The molecule has 0 bridgehead atoms. The molecular weight excluding hydrogens is 343 g/mol. The number of sulfonamides is 1. The van der Waals surface area contributed by atoms with Gasteiger partial charge in [0.25, 0.3) is 0 Å². The second-order valence-electron chi connectivity index (χ2n) is 5.57. The highest BCUT2D eigenvalue weighted by molar-refractivity contribution is 7.88. The van der Waals surface area contributed by atoms with Gasteiger partial charge in [-0.25, -0.2) is 27.2 Å². The molecule has 25 heavy (non-hydrogen) atoms. The van der Waals surface area contributed by atoms with E-state index in [-0.39, 0.29) is 12.3 Å². The van der Waals surface area contributed by atoms with E-state index < -0.39 is 15.8 Å². The number of nitrogens with zero attached hydrogens (tertiary/aromatic N) is 3. The molecule has 6 nitrogen and oxygen atoms in total.